The van der Waals surface area contributed by atoms with Gasteiger partial charge in [0.25, 0.3) is 0 Å². The van der Waals surface area contributed by atoms with Gasteiger partial charge in [-0.1, -0.05) is 20.8 Å². The number of hydrogen-bond acceptors (Lipinski definition) is 2. The molecule has 0 fully saturated rings. The lowest BCUT2D eigenvalue weighted by atomic mass is 9.98. The van der Waals surface area contributed by atoms with Gasteiger partial charge in [0.05, 0.1) is 10.7 Å². The molecule has 0 aliphatic rings. The Morgan fingerprint density at radius 2 is 1.78 bits per heavy atom. The number of halogens is 2. The van der Waals surface area contributed by atoms with E-state index in [1.54, 1.807) is 17.4 Å². The fourth-order valence-corrected chi connectivity index (χ4v) is 2.62. The van der Waals surface area contributed by atoms with Crippen LogP contribution in [-0.4, -0.2) is 4.98 Å². The predicted octanol–water partition coefficient (Wildman–Crippen LogP) is 4.69. The summed E-state index contributed by atoms with van der Waals surface area (Å²) in [5.41, 5.74) is 1.33. The summed E-state index contributed by atoms with van der Waals surface area (Å²) in [4.78, 5) is 5.57. The standard InChI is InChI=1S/C14H15F2NS/c1-8-12(17-13(18-8)14(2,3)4)9-5-6-10(15)11(16)7-9/h5-7H,1-4H3. The summed E-state index contributed by atoms with van der Waals surface area (Å²) < 4.78 is 26.2. The molecule has 0 saturated carbocycles. The number of thiazole rings is 1. The van der Waals surface area contributed by atoms with E-state index in [-0.39, 0.29) is 5.41 Å². The first-order chi connectivity index (χ1) is 8.29. The van der Waals surface area contributed by atoms with Crippen molar-refractivity contribution in [2.45, 2.75) is 33.1 Å². The van der Waals surface area contributed by atoms with Gasteiger partial charge in [-0.25, -0.2) is 13.8 Å². The fraction of sp³-hybridized carbons (Fsp3) is 0.357. The number of rotatable bonds is 1. The third-order valence-electron chi connectivity index (χ3n) is 2.63. The average Bonchev–Trinajstić information content (AvgIpc) is 2.64. The smallest absolute Gasteiger partial charge is 0.159 e. The summed E-state index contributed by atoms with van der Waals surface area (Å²) in [5.74, 6) is -1.67. The summed E-state index contributed by atoms with van der Waals surface area (Å²) in [6, 6.07) is 3.90. The topological polar surface area (TPSA) is 12.9 Å². The van der Waals surface area contributed by atoms with Gasteiger partial charge in [0.2, 0.25) is 0 Å². The molecular formula is C14H15F2NS. The first-order valence-corrected chi connectivity index (χ1v) is 6.54. The van der Waals surface area contributed by atoms with Crippen LogP contribution < -0.4 is 0 Å². The van der Waals surface area contributed by atoms with Gasteiger partial charge in [0.15, 0.2) is 11.6 Å². The summed E-state index contributed by atoms with van der Waals surface area (Å²) in [7, 11) is 0. The molecule has 0 atom stereocenters. The molecule has 1 heterocycles. The van der Waals surface area contributed by atoms with Crippen molar-refractivity contribution < 1.29 is 8.78 Å². The van der Waals surface area contributed by atoms with E-state index in [2.05, 4.69) is 25.8 Å². The molecule has 0 spiro atoms. The molecule has 0 aliphatic carbocycles. The first kappa shape index (κ1) is 13.1. The van der Waals surface area contributed by atoms with Crippen LogP contribution in [0.3, 0.4) is 0 Å². The zero-order valence-corrected chi connectivity index (χ0v) is 11.7. The third kappa shape index (κ3) is 2.43. The van der Waals surface area contributed by atoms with Crippen molar-refractivity contribution in [1.29, 1.82) is 0 Å². The Morgan fingerprint density at radius 1 is 1.11 bits per heavy atom. The molecule has 1 aromatic heterocycles. The Labute approximate surface area is 110 Å². The molecule has 0 unspecified atom stereocenters. The second-order valence-electron chi connectivity index (χ2n) is 5.30. The highest BCUT2D eigenvalue weighted by atomic mass is 32.1. The second kappa shape index (κ2) is 4.43. The maximum absolute atomic E-state index is 13.2. The van der Waals surface area contributed by atoms with Gasteiger partial charge in [-0.15, -0.1) is 11.3 Å². The number of benzene rings is 1. The van der Waals surface area contributed by atoms with Gasteiger partial charge in [-0.2, -0.15) is 0 Å². The molecule has 4 heteroatoms. The highest BCUT2D eigenvalue weighted by molar-refractivity contribution is 7.12. The highest BCUT2D eigenvalue weighted by Gasteiger charge is 2.21. The maximum atomic E-state index is 13.2. The van der Waals surface area contributed by atoms with Gasteiger partial charge in [0.1, 0.15) is 0 Å². The van der Waals surface area contributed by atoms with Crippen LogP contribution in [0.1, 0.15) is 30.7 Å². The molecule has 0 aliphatic heterocycles. The molecular weight excluding hydrogens is 252 g/mol. The van der Waals surface area contributed by atoms with E-state index in [0.717, 1.165) is 21.6 Å². The van der Waals surface area contributed by atoms with E-state index in [0.29, 0.717) is 5.56 Å². The molecule has 96 valence electrons. The second-order valence-corrected chi connectivity index (χ2v) is 6.51. The summed E-state index contributed by atoms with van der Waals surface area (Å²) in [5, 5.41) is 1.000. The van der Waals surface area contributed by atoms with Crippen LogP contribution in [0.15, 0.2) is 18.2 Å². The first-order valence-electron chi connectivity index (χ1n) is 5.72. The number of aryl methyl sites for hydroxylation is 1. The van der Waals surface area contributed by atoms with Crippen molar-refractivity contribution in [3.8, 4) is 11.3 Å². The molecule has 1 nitrogen and oxygen atoms in total. The van der Waals surface area contributed by atoms with Gasteiger partial charge in [-0.05, 0) is 25.1 Å². The average molecular weight is 267 g/mol. The lowest BCUT2D eigenvalue weighted by Gasteiger charge is -2.13. The van der Waals surface area contributed by atoms with Crippen LogP contribution in [0.5, 0.6) is 0 Å². The Balaban J connectivity index is 2.51. The summed E-state index contributed by atoms with van der Waals surface area (Å²) in [6.45, 7) is 8.20. The predicted molar refractivity (Wildman–Crippen MR) is 70.9 cm³/mol. The van der Waals surface area contributed by atoms with E-state index in [1.807, 2.05) is 6.92 Å². The van der Waals surface area contributed by atoms with Gasteiger partial charge < -0.3 is 0 Å². The molecule has 1 aromatic carbocycles. The van der Waals surface area contributed by atoms with Crippen molar-refractivity contribution in [3.05, 3.63) is 39.7 Å². The number of nitrogens with zero attached hydrogens (tertiary/aromatic N) is 1. The normalized spacial score (nSPS) is 11.9. The number of hydrogen-bond donors (Lipinski definition) is 0. The van der Waals surface area contributed by atoms with E-state index in [1.165, 1.54) is 6.07 Å². The van der Waals surface area contributed by atoms with E-state index >= 15 is 0 Å². The lowest BCUT2D eigenvalue weighted by Crippen LogP contribution is -2.10. The fourth-order valence-electron chi connectivity index (χ4n) is 1.63. The highest BCUT2D eigenvalue weighted by Crippen LogP contribution is 2.34. The van der Waals surface area contributed by atoms with E-state index in [4.69, 9.17) is 0 Å². The van der Waals surface area contributed by atoms with Crippen LogP contribution in [0.4, 0.5) is 8.78 Å². The van der Waals surface area contributed by atoms with Crippen molar-refractivity contribution in [3.63, 3.8) is 0 Å². The van der Waals surface area contributed by atoms with Crippen molar-refractivity contribution >= 4 is 11.3 Å². The van der Waals surface area contributed by atoms with E-state index in [9.17, 15) is 8.78 Å². The third-order valence-corrected chi connectivity index (χ3v) is 4.03. The molecule has 0 saturated heterocycles. The molecule has 2 aromatic rings. The molecule has 0 N–H and O–H groups in total. The van der Waals surface area contributed by atoms with E-state index < -0.39 is 11.6 Å². The van der Waals surface area contributed by atoms with Gasteiger partial charge >= 0.3 is 0 Å². The van der Waals surface area contributed by atoms with Crippen LogP contribution in [0.2, 0.25) is 0 Å². The van der Waals surface area contributed by atoms with Crippen molar-refractivity contribution in [1.82, 2.24) is 4.98 Å². The van der Waals surface area contributed by atoms with Crippen molar-refractivity contribution in [2.75, 3.05) is 0 Å². The van der Waals surface area contributed by atoms with Crippen LogP contribution in [0, 0.1) is 18.6 Å². The maximum Gasteiger partial charge on any atom is 0.159 e. The van der Waals surface area contributed by atoms with Crippen LogP contribution in [-0.2, 0) is 5.41 Å². The monoisotopic (exact) mass is 267 g/mol. The largest absolute Gasteiger partial charge is 0.240 e. The van der Waals surface area contributed by atoms with Gasteiger partial charge in [-0.3, -0.25) is 0 Å². The van der Waals surface area contributed by atoms with Crippen molar-refractivity contribution in [2.24, 2.45) is 0 Å². The Hall–Kier alpha value is -1.29. The minimum absolute atomic E-state index is 0.0355. The zero-order chi connectivity index (χ0) is 13.5. The quantitative estimate of drug-likeness (QED) is 0.730. The number of aromatic nitrogens is 1. The molecule has 18 heavy (non-hydrogen) atoms. The molecule has 2 rings (SSSR count). The van der Waals surface area contributed by atoms with Gasteiger partial charge in [0, 0.05) is 15.9 Å². The van der Waals surface area contributed by atoms with Crippen LogP contribution in [0.25, 0.3) is 11.3 Å². The zero-order valence-electron chi connectivity index (χ0n) is 10.8. The SMILES string of the molecule is Cc1sc(C(C)(C)C)nc1-c1ccc(F)c(F)c1. The summed E-state index contributed by atoms with van der Waals surface area (Å²) >= 11 is 1.60. The minimum atomic E-state index is -0.836. The Kier molecular flexibility index (Phi) is 3.23. The minimum Gasteiger partial charge on any atom is -0.240 e. The Bertz CT molecular complexity index is 582. The van der Waals surface area contributed by atoms with Crippen LogP contribution >= 0.6 is 11.3 Å². The molecule has 0 amide bonds. The molecule has 0 radical (unpaired) electrons. The Morgan fingerprint density at radius 3 is 2.28 bits per heavy atom. The lowest BCUT2D eigenvalue weighted by molar-refractivity contribution is 0.509. The summed E-state index contributed by atoms with van der Waals surface area (Å²) in [6.07, 6.45) is 0. The molecule has 0 bridgehead atoms.